The molecule has 0 radical (unpaired) electrons. The van der Waals surface area contributed by atoms with E-state index in [0.717, 1.165) is 48.1 Å². The van der Waals surface area contributed by atoms with Gasteiger partial charge in [-0.3, -0.25) is 9.78 Å². The SMILES string of the molecule is O=C(NOC1CCCCO1)c1cc(-c2ccc(-c3ccc(CNCCO)cc3)cc2)nc2ccncc12. The number of aromatic nitrogens is 2. The molecule has 0 aliphatic carbocycles. The van der Waals surface area contributed by atoms with E-state index in [4.69, 9.17) is 19.7 Å². The van der Waals surface area contributed by atoms with Gasteiger partial charge in [-0.1, -0.05) is 48.5 Å². The zero-order valence-corrected chi connectivity index (χ0v) is 20.5. The first kappa shape index (κ1) is 25.0. The second-order valence-electron chi connectivity index (χ2n) is 8.97. The molecule has 1 aliphatic heterocycles. The van der Waals surface area contributed by atoms with E-state index in [2.05, 4.69) is 52.2 Å². The number of rotatable bonds is 9. The molecule has 2 aromatic carbocycles. The van der Waals surface area contributed by atoms with Crippen LogP contribution in [0.1, 0.15) is 35.2 Å². The second-order valence-corrected chi connectivity index (χ2v) is 8.97. The van der Waals surface area contributed by atoms with E-state index in [-0.39, 0.29) is 12.5 Å². The molecule has 0 spiro atoms. The van der Waals surface area contributed by atoms with Crippen molar-refractivity contribution in [3.63, 3.8) is 0 Å². The Hall–Kier alpha value is -3.69. The fourth-order valence-corrected chi connectivity index (χ4v) is 4.34. The molecule has 1 unspecified atom stereocenters. The van der Waals surface area contributed by atoms with Gasteiger partial charge in [-0.15, -0.1) is 0 Å². The highest BCUT2D eigenvalue weighted by Gasteiger charge is 2.19. The molecule has 1 amide bonds. The number of hydrogen-bond donors (Lipinski definition) is 3. The van der Waals surface area contributed by atoms with Gasteiger partial charge < -0.3 is 15.2 Å². The molecule has 1 atom stereocenters. The Kier molecular flexibility index (Phi) is 8.12. The summed E-state index contributed by atoms with van der Waals surface area (Å²) in [6, 6.07) is 20.0. The van der Waals surface area contributed by atoms with Gasteiger partial charge in [0, 0.05) is 49.5 Å². The van der Waals surface area contributed by atoms with Gasteiger partial charge in [0.2, 0.25) is 0 Å². The number of aliphatic hydroxyl groups is 1. The number of nitrogens with zero attached hydrogens (tertiary/aromatic N) is 2. The zero-order chi connectivity index (χ0) is 25.5. The summed E-state index contributed by atoms with van der Waals surface area (Å²) in [7, 11) is 0. The number of hydrogen-bond acceptors (Lipinski definition) is 7. The van der Waals surface area contributed by atoms with Crippen molar-refractivity contribution in [2.24, 2.45) is 0 Å². The molecule has 3 N–H and O–H groups in total. The van der Waals surface area contributed by atoms with Crippen LogP contribution in [0.15, 0.2) is 73.1 Å². The minimum Gasteiger partial charge on any atom is -0.395 e. The Bertz CT molecular complexity index is 1340. The molecule has 1 aliphatic rings. The molecule has 0 saturated carbocycles. The van der Waals surface area contributed by atoms with Gasteiger partial charge in [-0.25, -0.2) is 15.3 Å². The molecule has 8 nitrogen and oxygen atoms in total. The number of carbonyl (C=O) groups is 1. The van der Waals surface area contributed by atoms with Gasteiger partial charge in [0.15, 0.2) is 6.29 Å². The highest BCUT2D eigenvalue weighted by atomic mass is 16.8. The van der Waals surface area contributed by atoms with Crippen LogP contribution in [0.4, 0.5) is 0 Å². The van der Waals surface area contributed by atoms with Crippen molar-refractivity contribution in [2.45, 2.75) is 32.1 Å². The van der Waals surface area contributed by atoms with Crippen molar-refractivity contribution in [1.29, 1.82) is 0 Å². The Morgan fingerprint density at radius 2 is 1.78 bits per heavy atom. The van der Waals surface area contributed by atoms with Crippen LogP contribution in [0.5, 0.6) is 0 Å². The van der Waals surface area contributed by atoms with Crippen LogP contribution in [0.3, 0.4) is 0 Å². The van der Waals surface area contributed by atoms with E-state index in [1.54, 1.807) is 24.5 Å². The second kappa shape index (κ2) is 12.0. The van der Waals surface area contributed by atoms with Gasteiger partial charge in [0.1, 0.15) is 0 Å². The number of aliphatic hydroxyl groups excluding tert-OH is 1. The molecule has 190 valence electrons. The molecular formula is C29H30N4O4. The maximum atomic E-state index is 13.1. The van der Waals surface area contributed by atoms with Crippen LogP contribution in [-0.4, -0.2) is 47.0 Å². The van der Waals surface area contributed by atoms with Crippen molar-refractivity contribution in [3.05, 3.63) is 84.2 Å². The topological polar surface area (TPSA) is 106 Å². The fourth-order valence-electron chi connectivity index (χ4n) is 4.34. The minimum atomic E-state index is -0.429. The number of amides is 1. The van der Waals surface area contributed by atoms with E-state index in [1.807, 2.05) is 12.1 Å². The van der Waals surface area contributed by atoms with Crippen LogP contribution in [0.25, 0.3) is 33.3 Å². The third kappa shape index (κ3) is 6.18. The fraction of sp³-hybridized carbons (Fsp3) is 0.276. The summed E-state index contributed by atoms with van der Waals surface area (Å²) in [5.41, 5.74) is 8.62. The predicted octanol–water partition coefficient (Wildman–Crippen LogP) is 4.23. The number of pyridine rings is 2. The lowest BCUT2D eigenvalue weighted by Crippen LogP contribution is -2.33. The summed E-state index contributed by atoms with van der Waals surface area (Å²) in [5, 5.41) is 12.7. The lowest BCUT2D eigenvalue weighted by Gasteiger charge is -2.22. The van der Waals surface area contributed by atoms with Crippen molar-refractivity contribution in [1.82, 2.24) is 20.8 Å². The maximum Gasteiger partial charge on any atom is 0.275 e. The number of benzene rings is 2. The lowest BCUT2D eigenvalue weighted by atomic mass is 10.00. The molecule has 1 fully saturated rings. The average molecular weight is 499 g/mol. The summed E-state index contributed by atoms with van der Waals surface area (Å²) >= 11 is 0. The Labute approximate surface area is 215 Å². The summed E-state index contributed by atoms with van der Waals surface area (Å²) in [6.45, 7) is 2.06. The minimum absolute atomic E-state index is 0.128. The van der Waals surface area contributed by atoms with Crippen LogP contribution in [0, 0.1) is 0 Å². The largest absolute Gasteiger partial charge is 0.395 e. The van der Waals surface area contributed by atoms with Gasteiger partial charge >= 0.3 is 0 Å². The molecule has 4 aromatic rings. The van der Waals surface area contributed by atoms with Crippen molar-refractivity contribution >= 4 is 16.8 Å². The predicted molar refractivity (Wildman–Crippen MR) is 141 cm³/mol. The first-order valence-corrected chi connectivity index (χ1v) is 12.5. The van der Waals surface area contributed by atoms with E-state index in [9.17, 15) is 4.79 Å². The van der Waals surface area contributed by atoms with Crippen LogP contribution in [0.2, 0.25) is 0 Å². The number of ether oxygens (including phenoxy) is 1. The monoisotopic (exact) mass is 498 g/mol. The van der Waals surface area contributed by atoms with E-state index < -0.39 is 6.29 Å². The summed E-state index contributed by atoms with van der Waals surface area (Å²) < 4.78 is 5.55. The highest BCUT2D eigenvalue weighted by Crippen LogP contribution is 2.27. The summed E-state index contributed by atoms with van der Waals surface area (Å²) in [6.07, 6.45) is 5.64. The third-order valence-corrected chi connectivity index (χ3v) is 6.36. The number of fused-ring (bicyclic) bond motifs is 1. The normalized spacial score (nSPS) is 15.5. The van der Waals surface area contributed by atoms with E-state index >= 15 is 0 Å². The maximum absolute atomic E-state index is 13.1. The summed E-state index contributed by atoms with van der Waals surface area (Å²) in [5.74, 6) is -0.360. The van der Waals surface area contributed by atoms with Crippen molar-refractivity contribution < 1.29 is 19.5 Å². The van der Waals surface area contributed by atoms with Crippen LogP contribution >= 0.6 is 0 Å². The van der Waals surface area contributed by atoms with Crippen LogP contribution < -0.4 is 10.8 Å². The van der Waals surface area contributed by atoms with Gasteiger partial charge in [0.05, 0.1) is 23.4 Å². The zero-order valence-electron chi connectivity index (χ0n) is 20.5. The Morgan fingerprint density at radius 1 is 1.03 bits per heavy atom. The molecular weight excluding hydrogens is 468 g/mol. The first-order valence-electron chi connectivity index (χ1n) is 12.5. The average Bonchev–Trinajstić information content (AvgIpc) is 2.96. The molecule has 2 aromatic heterocycles. The van der Waals surface area contributed by atoms with Crippen molar-refractivity contribution in [3.8, 4) is 22.4 Å². The molecule has 8 heteroatoms. The van der Waals surface area contributed by atoms with Crippen LogP contribution in [-0.2, 0) is 16.1 Å². The van der Waals surface area contributed by atoms with Gasteiger partial charge in [-0.2, -0.15) is 0 Å². The summed E-state index contributed by atoms with van der Waals surface area (Å²) in [4.78, 5) is 27.5. The molecule has 3 heterocycles. The standard InChI is InChI=1S/C29H30N4O4/c34-15-14-31-18-20-4-6-21(7-5-20)22-8-10-23(11-9-22)27-17-24(25-19-30-13-12-26(25)32-27)29(35)33-37-28-3-1-2-16-36-28/h4-13,17,19,28,31,34H,1-3,14-16,18H2,(H,33,35). The van der Waals surface area contributed by atoms with E-state index in [0.29, 0.717) is 35.3 Å². The van der Waals surface area contributed by atoms with E-state index in [1.165, 1.54) is 0 Å². The Morgan fingerprint density at radius 3 is 2.51 bits per heavy atom. The molecule has 37 heavy (non-hydrogen) atoms. The highest BCUT2D eigenvalue weighted by molar-refractivity contribution is 6.06. The van der Waals surface area contributed by atoms with Gasteiger partial charge in [-0.05, 0) is 41.7 Å². The Balaban J connectivity index is 1.35. The lowest BCUT2D eigenvalue weighted by molar-refractivity contribution is -0.186. The number of hydroxylamine groups is 1. The number of carbonyl (C=O) groups excluding carboxylic acids is 1. The molecule has 0 bridgehead atoms. The van der Waals surface area contributed by atoms with Gasteiger partial charge in [0.25, 0.3) is 5.91 Å². The van der Waals surface area contributed by atoms with Crippen molar-refractivity contribution in [2.75, 3.05) is 19.8 Å². The quantitative estimate of drug-likeness (QED) is 0.234. The number of nitrogens with one attached hydrogen (secondary N) is 2. The first-order chi connectivity index (χ1) is 18.2. The third-order valence-electron chi connectivity index (χ3n) is 6.36. The molecule has 5 rings (SSSR count). The smallest absolute Gasteiger partial charge is 0.275 e. The molecule has 1 saturated heterocycles.